The van der Waals surface area contributed by atoms with Crippen molar-refractivity contribution in [2.24, 2.45) is 5.92 Å². The second-order valence-corrected chi connectivity index (χ2v) is 7.18. The average molecular weight is 277 g/mol. The number of aliphatic carboxylic acids is 1. The van der Waals surface area contributed by atoms with Gasteiger partial charge in [-0.2, -0.15) is 0 Å². The van der Waals surface area contributed by atoms with Crippen molar-refractivity contribution >= 4 is 16.0 Å². The fourth-order valence-electron chi connectivity index (χ4n) is 2.44. The van der Waals surface area contributed by atoms with Crippen molar-refractivity contribution in [3.63, 3.8) is 0 Å². The lowest BCUT2D eigenvalue weighted by molar-refractivity contribution is -0.136. The third kappa shape index (κ3) is 4.24. The van der Waals surface area contributed by atoms with Crippen LogP contribution in [0.25, 0.3) is 0 Å². The second kappa shape index (κ2) is 6.52. The summed E-state index contributed by atoms with van der Waals surface area (Å²) in [6.07, 6.45) is 6.06. The van der Waals surface area contributed by atoms with E-state index in [1.165, 1.54) is 13.3 Å². The van der Waals surface area contributed by atoms with Crippen molar-refractivity contribution in [2.75, 3.05) is 0 Å². The highest BCUT2D eigenvalue weighted by atomic mass is 32.2. The smallest absolute Gasteiger partial charge is 0.323 e. The van der Waals surface area contributed by atoms with Gasteiger partial charge in [-0.25, -0.2) is 13.1 Å². The predicted octanol–water partition coefficient (Wildman–Crippen LogP) is 1.74. The van der Waals surface area contributed by atoms with Crippen LogP contribution in [-0.2, 0) is 14.8 Å². The van der Waals surface area contributed by atoms with Gasteiger partial charge in [-0.1, -0.05) is 19.8 Å². The Hall–Kier alpha value is -0.620. The van der Waals surface area contributed by atoms with Crippen molar-refractivity contribution in [3.05, 3.63) is 0 Å². The van der Waals surface area contributed by atoms with Crippen LogP contribution in [0.5, 0.6) is 0 Å². The first-order valence-corrected chi connectivity index (χ1v) is 8.15. The molecule has 0 bridgehead atoms. The first kappa shape index (κ1) is 15.4. The molecular formula is C12H23NO4S. The zero-order valence-electron chi connectivity index (χ0n) is 11.1. The minimum Gasteiger partial charge on any atom is -0.480 e. The van der Waals surface area contributed by atoms with E-state index in [0.717, 1.165) is 32.1 Å². The van der Waals surface area contributed by atoms with Crippen LogP contribution in [0.4, 0.5) is 0 Å². The Morgan fingerprint density at radius 2 is 1.89 bits per heavy atom. The Balaban J connectivity index is 2.48. The maximum absolute atomic E-state index is 11.8. The van der Waals surface area contributed by atoms with Crippen LogP contribution in [0.15, 0.2) is 0 Å². The number of carboxylic acid groups (broad SMARTS) is 1. The lowest BCUT2D eigenvalue weighted by Gasteiger charge is -2.29. The van der Waals surface area contributed by atoms with Gasteiger partial charge in [0.05, 0.1) is 0 Å². The molecule has 1 saturated carbocycles. The maximum Gasteiger partial charge on any atom is 0.323 e. The van der Waals surface area contributed by atoms with Gasteiger partial charge in [-0.15, -0.1) is 0 Å². The zero-order valence-corrected chi connectivity index (χ0v) is 11.9. The lowest BCUT2D eigenvalue weighted by atomic mass is 9.84. The van der Waals surface area contributed by atoms with Gasteiger partial charge < -0.3 is 5.11 Å². The standard InChI is InChI=1S/C12H23NO4S/c1-3-4-10-5-7-11(8-6-10)13-18(16,17)9(2)12(14)15/h9-11,13H,3-8H2,1-2H3,(H,14,15). The van der Waals surface area contributed by atoms with Gasteiger partial charge >= 0.3 is 5.97 Å². The molecule has 1 atom stereocenters. The van der Waals surface area contributed by atoms with Crippen molar-refractivity contribution < 1.29 is 18.3 Å². The van der Waals surface area contributed by atoms with Crippen LogP contribution in [0.1, 0.15) is 52.4 Å². The number of hydrogen-bond donors (Lipinski definition) is 2. The molecule has 1 aliphatic rings. The third-order valence-electron chi connectivity index (χ3n) is 3.69. The topological polar surface area (TPSA) is 83.5 Å². The van der Waals surface area contributed by atoms with Crippen LogP contribution < -0.4 is 4.72 Å². The van der Waals surface area contributed by atoms with Gasteiger partial charge in [0, 0.05) is 6.04 Å². The molecule has 5 nitrogen and oxygen atoms in total. The van der Waals surface area contributed by atoms with E-state index in [0.29, 0.717) is 5.92 Å². The Labute approximate surface area is 109 Å². The molecule has 0 aromatic rings. The molecule has 0 aliphatic heterocycles. The number of carboxylic acids is 1. The van der Waals surface area contributed by atoms with Crippen molar-refractivity contribution in [3.8, 4) is 0 Å². The summed E-state index contributed by atoms with van der Waals surface area (Å²) >= 11 is 0. The SMILES string of the molecule is CCCC1CCC(NS(=O)(=O)C(C)C(=O)O)CC1. The van der Waals surface area contributed by atoms with Gasteiger partial charge in [0.25, 0.3) is 0 Å². The number of carbonyl (C=O) groups is 1. The summed E-state index contributed by atoms with van der Waals surface area (Å²) in [5, 5.41) is 7.36. The van der Waals surface area contributed by atoms with Crippen molar-refractivity contribution in [1.82, 2.24) is 4.72 Å². The predicted molar refractivity (Wildman–Crippen MR) is 69.8 cm³/mol. The van der Waals surface area contributed by atoms with E-state index in [1.54, 1.807) is 0 Å². The van der Waals surface area contributed by atoms with Gasteiger partial charge in [0.1, 0.15) is 0 Å². The van der Waals surface area contributed by atoms with Crippen LogP contribution in [0.3, 0.4) is 0 Å². The first-order valence-electron chi connectivity index (χ1n) is 6.60. The molecule has 106 valence electrons. The van der Waals surface area contributed by atoms with Gasteiger partial charge in [-0.3, -0.25) is 4.79 Å². The zero-order chi connectivity index (χ0) is 13.8. The van der Waals surface area contributed by atoms with Gasteiger partial charge in [0.2, 0.25) is 10.0 Å². The molecule has 0 radical (unpaired) electrons. The number of hydrogen-bond acceptors (Lipinski definition) is 3. The Morgan fingerprint density at radius 3 is 2.33 bits per heavy atom. The quantitative estimate of drug-likeness (QED) is 0.774. The minimum absolute atomic E-state index is 0.0927. The van der Waals surface area contributed by atoms with E-state index in [2.05, 4.69) is 11.6 Å². The van der Waals surface area contributed by atoms with Crippen molar-refractivity contribution in [2.45, 2.75) is 63.7 Å². The van der Waals surface area contributed by atoms with Gasteiger partial charge in [-0.05, 0) is 38.5 Å². The molecule has 1 unspecified atom stereocenters. The fraction of sp³-hybridized carbons (Fsp3) is 0.917. The largest absolute Gasteiger partial charge is 0.480 e. The summed E-state index contributed by atoms with van der Waals surface area (Å²) in [7, 11) is -3.74. The molecule has 6 heteroatoms. The van der Waals surface area contributed by atoms with E-state index in [-0.39, 0.29) is 6.04 Å². The summed E-state index contributed by atoms with van der Waals surface area (Å²) in [6, 6.07) is -0.0927. The van der Waals surface area contributed by atoms with Crippen LogP contribution in [0, 0.1) is 5.92 Å². The molecule has 1 fully saturated rings. The van der Waals surface area contributed by atoms with E-state index in [9.17, 15) is 13.2 Å². The molecule has 0 heterocycles. The minimum atomic E-state index is -3.74. The van der Waals surface area contributed by atoms with E-state index < -0.39 is 21.2 Å². The molecule has 1 aliphatic carbocycles. The Bertz CT molecular complexity index is 372. The van der Waals surface area contributed by atoms with Gasteiger partial charge in [0.15, 0.2) is 5.25 Å². The highest BCUT2D eigenvalue weighted by Gasteiger charge is 2.31. The maximum atomic E-state index is 11.8. The molecule has 0 saturated heterocycles. The Kier molecular flexibility index (Phi) is 5.59. The first-order chi connectivity index (χ1) is 8.36. The number of sulfonamides is 1. The van der Waals surface area contributed by atoms with Crippen LogP contribution in [-0.4, -0.2) is 30.8 Å². The summed E-state index contributed by atoms with van der Waals surface area (Å²) in [4.78, 5) is 10.7. The summed E-state index contributed by atoms with van der Waals surface area (Å²) < 4.78 is 26.0. The molecule has 2 N–H and O–H groups in total. The van der Waals surface area contributed by atoms with E-state index >= 15 is 0 Å². The monoisotopic (exact) mass is 277 g/mol. The molecular weight excluding hydrogens is 254 g/mol. The summed E-state index contributed by atoms with van der Waals surface area (Å²) in [5.74, 6) is -0.602. The normalized spacial score (nSPS) is 26.8. The molecule has 0 aromatic heterocycles. The molecule has 1 rings (SSSR count). The fourth-order valence-corrected chi connectivity index (χ4v) is 3.61. The highest BCUT2D eigenvalue weighted by molar-refractivity contribution is 7.90. The summed E-state index contributed by atoms with van der Waals surface area (Å²) in [5.41, 5.74) is 0. The Morgan fingerprint density at radius 1 is 1.33 bits per heavy atom. The van der Waals surface area contributed by atoms with E-state index in [4.69, 9.17) is 5.11 Å². The number of rotatable bonds is 6. The van der Waals surface area contributed by atoms with Crippen molar-refractivity contribution in [1.29, 1.82) is 0 Å². The second-order valence-electron chi connectivity index (χ2n) is 5.15. The average Bonchev–Trinajstić information content (AvgIpc) is 2.30. The third-order valence-corrected chi connectivity index (χ3v) is 5.48. The molecule has 0 amide bonds. The molecule has 0 aromatic carbocycles. The highest BCUT2D eigenvalue weighted by Crippen LogP contribution is 2.28. The number of nitrogens with one attached hydrogen (secondary N) is 1. The van der Waals surface area contributed by atoms with Crippen LogP contribution in [0.2, 0.25) is 0 Å². The lowest BCUT2D eigenvalue weighted by Crippen LogP contribution is -2.44. The van der Waals surface area contributed by atoms with Crippen LogP contribution >= 0.6 is 0 Å². The van der Waals surface area contributed by atoms with E-state index in [1.807, 2.05) is 0 Å². The molecule has 0 spiro atoms. The summed E-state index contributed by atoms with van der Waals surface area (Å²) in [6.45, 7) is 3.36. The molecule has 18 heavy (non-hydrogen) atoms.